The zero-order valence-corrected chi connectivity index (χ0v) is 29.2. The van der Waals surface area contributed by atoms with Crippen molar-refractivity contribution < 1.29 is 33.2 Å². The lowest BCUT2D eigenvalue weighted by molar-refractivity contribution is -0.130. The van der Waals surface area contributed by atoms with Crippen LogP contribution in [-0.2, 0) is 33.2 Å². The Morgan fingerprint density at radius 1 is 0.326 bits per heavy atom. The van der Waals surface area contributed by atoms with Gasteiger partial charge in [-0.3, -0.25) is 0 Å². The predicted octanol–water partition coefficient (Wildman–Crippen LogP) is 10.6. The van der Waals surface area contributed by atoms with Gasteiger partial charge >= 0.3 is 0 Å². The first-order valence-corrected chi connectivity index (χ1v) is 17.5. The second-order valence-corrected chi connectivity index (χ2v) is 11.5. The van der Waals surface area contributed by atoms with Crippen LogP contribution in [0.15, 0.2) is 23.0 Å². The lowest BCUT2D eigenvalue weighted by atomic mass is 10.1. The minimum atomic E-state index is 0.101. The Kier molecular flexibility index (Phi) is 32.3. The number of allylic oxidation sites excluding steroid dienone is 2. The maximum Gasteiger partial charge on any atom is 0.159 e. The van der Waals surface area contributed by atoms with Gasteiger partial charge in [-0.2, -0.15) is 0 Å². The van der Waals surface area contributed by atoms with Gasteiger partial charge in [0, 0.05) is 12.8 Å². The summed E-state index contributed by atoms with van der Waals surface area (Å²) < 4.78 is 39.1. The molecule has 0 aromatic heterocycles. The number of unbranched alkanes of at least 4 members (excludes halogenated alkanes) is 18. The Labute approximate surface area is 266 Å². The minimum absolute atomic E-state index is 0.101. The summed E-state index contributed by atoms with van der Waals surface area (Å²) in [6.45, 7) is 5.33. The third-order valence-electron chi connectivity index (χ3n) is 7.92. The number of ether oxygens (including phenoxy) is 7. The predicted molar refractivity (Wildman–Crippen MR) is 178 cm³/mol. The summed E-state index contributed by atoms with van der Waals surface area (Å²) in [7, 11) is 6.70. The maximum atomic E-state index is 5.66. The summed E-state index contributed by atoms with van der Waals surface area (Å²) in [5.74, 6) is 3.12. The Hall–Kier alpha value is -1.44. The van der Waals surface area contributed by atoms with Crippen LogP contribution >= 0.6 is 0 Å². The zero-order chi connectivity index (χ0) is 31.6. The van der Waals surface area contributed by atoms with Gasteiger partial charge in [-0.25, -0.2) is 0 Å². The summed E-state index contributed by atoms with van der Waals surface area (Å²) in [6, 6.07) is 0. The van der Waals surface area contributed by atoms with Crippen LogP contribution in [0.3, 0.4) is 0 Å². The highest BCUT2D eigenvalue weighted by Gasteiger charge is 2.10. The molecule has 0 saturated heterocycles. The van der Waals surface area contributed by atoms with E-state index >= 15 is 0 Å². The van der Waals surface area contributed by atoms with Crippen LogP contribution in [0.5, 0.6) is 0 Å². The van der Waals surface area contributed by atoms with E-state index in [1.807, 2.05) is 0 Å². The van der Waals surface area contributed by atoms with Crippen molar-refractivity contribution in [2.24, 2.45) is 0 Å². The molecule has 7 nitrogen and oxygen atoms in total. The smallest absolute Gasteiger partial charge is 0.159 e. The molecule has 0 amide bonds. The summed E-state index contributed by atoms with van der Waals surface area (Å²) in [5, 5.41) is 0. The number of hydrogen-bond acceptors (Lipinski definition) is 7. The van der Waals surface area contributed by atoms with Crippen LogP contribution < -0.4 is 0 Å². The van der Waals surface area contributed by atoms with Crippen molar-refractivity contribution in [2.75, 3.05) is 55.2 Å². The molecule has 0 spiro atoms. The third-order valence-corrected chi connectivity index (χ3v) is 7.92. The third kappa shape index (κ3) is 25.6. The first kappa shape index (κ1) is 41.6. The van der Waals surface area contributed by atoms with Gasteiger partial charge in [0.25, 0.3) is 0 Å². The van der Waals surface area contributed by atoms with E-state index in [1.54, 1.807) is 28.4 Å². The van der Waals surface area contributed by atoms with Crippen LogP contribution in [0.4, 0.5) is 0 Å². The molecule has 0 fully saturated rings. The molecule has 7 heteroatoms. The minimum Gasteiger partial charge on any atom is -0.498 e. The summed E-state index contributed by atoms with van der Waals surface area (Å²) in [5.41, 5.74) is 0. The molecule has 0 atom stereocenters. The molecule has 0 aliphatic rings. The van der Waals surface area contributed by atoms with Crippen molar-refractivity contribution in [3.8, 4) is 0 Å². The average Bonchev–Trinajstić information content (AvgIpc) is 3.03. The fourth-order valence-electron chi connectivity index (χ4n) is 5.18. The summed E-state index contributed by atoms with van der Waals surface area (Å²) in [4.78, 5) is 0. The molecule has 0 unspecified atom stereocenters. The molecule has 256 valence electrons. The van der Waals surface area contributed by atoms with E-state index < -0.39 is 0 Å². The molecule has 0 aromatic carbocycles. The van der Waals surface area contributed by atoms with Crippen LogP contribution in [-0.4, -0.2) is 55.2 Å². The molecule has 0 radical (unpaired) electrons. The topological polar surface area (TPSA) is 64.6 Å². The van der Waals surface area contributed by atoms with E-state index in [9.17, 15) is 0 Å². The highest BCUT2D eigenvalue weighted by atomic mass is 16.7. The first-order chi connectivity index (χ1) is 21.2. The molecule has 0 bridgehead atoms. The molecule has 0 N–H and O–H groups in total. The lowest BCUT2D eigenvalue weighted by Crippen LogP contribution is -2.12. The molecule has 0 aromatic rings. The highest BCUT2D eigenvalue weighted by molar-refractivity contribution is 5.02. The van der Waals surface area contributed by atoms with Crippen molar-refractivity contribution in [3.05, 3.63) is 23.0 Å². The van der Waals surface area contributed by atoms with Gasteiger partial charge in [-0.05, 0) is 12.8 Å². The lowest BCUT2D eigenvalue weighted by Gasteiger charge is -2.15. The van der Waals surface area contributed by atoms with Gasteiger partial charge in [0.1, 0.15) is 38.3 Å². The maximum absolute atomic E-state index is 5.66. The van der Waals surface area contributed by atoms with Crippen molar-refractivity contribution in [2.45, 2.75) is 155 Å². The van der Waals surface area contributed by atoms with Crippen LogP contribution in [0.2, 0.25) is 0 Å². The molecule has 0 aliphatic carbocycles. The van der Waals surface area contributed by atoms with Crippen molar-refractivity contribution >= 4 is 0 Å². The second kappa shape index (κ2) is 33.5. The zero-order valence-electron chi connectivity index (χ0n) is 29.2. The molecule has 0 heterocycles. The van der Waals surface area contributed by atoms with Gasteiger partial charge in [0.2, 0.25) is 0 Å². The van der Waals surface area contributed by atoms with Gasteiger partial charge in [0.15, 0.2) is 11.5 Å². The number of methoxy groups -OCH3 is 4. The van der Waals surface area contributed by atoms with Gasteiger partial charge in [-0.15, -0.1) is 0 Å². The largest absolute Gasteiger partial charge is 0.498 e. The first-order valence-electron chi connectivity index (χ1n) is 17.5. The fourth-order valence-corrected chi connectivity index (χ4v) is 5.18. The second-order valence-electron chi connectivity index (χ2n) is 11.5. The quantitative estimate of drug-likeness (QED) is 0.0406. The summed E-state index contributed by atoms with van der Waals surface area (Å²) in [6.07, 6.45) is 27.9. The molecule has 0 rings (SSSR count). The Morgan fingerprint density at radius 3 is 0.884 bits per heavy atom. The van der Waals surface area contributed by atoms with E-state index in [2.05, 4.69) is 13.8 Å². The summed E-state index contributed by atoms with van der Waals surface area (Å²) >= 11 is 0. The Bertz CT molecular complexity index is 594. The van der Waals surface area contributed by atoms with Gasteiger partial charge in [0.05, 0.1) is 28.4 Å². The van der Waals surface area contributed by atoms with Crippen molar-refractivity contribution in [1.82, 2.24) is 0 Å². The molecular weight excluding hydrogens is 544 g/mol. The fraction of sp³-hybridized carbons (Fsp3) is 0.889. The van der Waals surface area contributed by atoms with E-state index in [0.717, 1.165) is 37.2 Å². The average molecular weight is 615 g/mol. The van der Waals surface area contributed by atoms with Crippen molar-refractivity contribution in [1.29, 1.82) is 0 Å². The van der Waals surface area contributed by atoms with Crippen molar-refractivity contribution in [3.63, 3.8) is 0 Å². The molecule has 43 heavy (non-hydrogen) atoms. The van der Waals surface area contributed by atoms with Gasteiger partial charge in [-0.1, -0.05) is 129 Å². The monoisotopic (exact) mass is 615 g/mol. The van der Waals surface area contributed by atoms with Crippen LogP contribution in [0.25, 0.3) is 0 Å². The standard InChI is InChI=1S/C36H70O7/c1-7-9-11-13-15-17-19-21-23-25-27-33(37-3)35(39-5)29-41-31-43-32-42-30-36(40-6)34(38-4)28-26-24-22-20-18-16-14-12-10-8-2/h7-32H2,1-6H3. The Balaban J connectivity index is 4.09. The van der Waals surface area contributed by atoms with E-state index in [1.165, 1.54) is 116 Å². The normalized spacial score (nSPS) is 12.6. The highest BCUT2D eigenvalue weighted by Crippen LogP contribution is 2.19. The van der Waals surface area contributed by atoms with E-state index in [-0.39, 0.29) is 13.6 Å². The SMILES string of the molecule is CCCCCCCCCCCCC(OC)=C(COCOCOCC(OC)=C(CCCCCCCCCCCC)OC)OC. The molecule has 0 aliphatic heterocycles. The van der Waals surface area contributed by atoms with E-state index in [0.29, 0.717) is 24.7 Å². The van der Waals surface area contributed by atoms with Crippen LogP contribution in [0, 0.1) is 0 Å². The van der Waals surface area contributed by atoms with Crippen LogP contribution in [0.1, 0.15) is 155 Å². The molecular formula is C36H70O7. The molecule has 0 saturated carbocycles. The number of hydrogen-bond donors (Lipinski definition) is 0. The number of rotatable bonds is 34. The van der Waals surface area contributed by atoms with Gasteiger partial charge < -0.3 is 33.2 Å². The Morgan fingerprint density at radius 2 is 0.605 bits per heavy atom. The van der Waals surface area contributed by atoms with E-state index in [4.69, 9.17) is 33.2 Å².